The molecule has 17 heavy (non-hydrogen) atoms. The number of benzene rings is 1. The molecular formula is C12H7Br2FO2. The van der Waals surface area contributed by atoms with E-state index in [1.807, 2.05) is 0 Å². The van der Waals surface area contributed by atoms with Crippen molar-refractivity contribution in [1.82, 2.24) is 0 Å². The zero-order valence-electron chi connectivity index (χ0n) is 8.54. The van der Waals surface area contributed by atoms with Gasteiger partial charge in [-0.1, -0.05) is 22.0 Å². The highest BCUT2D eigenvalue weighted by Crippen LogP contribution is 2.21. The van der Waals surface area contributed by atoms with E-state index in [2.05, 4.69) is 31.9 Å². The number of hydrogen-bond donors (Lipinski definition) is 0. The van der Waals surface area contributed by atoms with Crippen LogP contribution in [0.3, 0.4) is 0 Å². The average Bonchev–Trinajstić information content (AvgIpc) is 2.69. The Morgan fingerprint density at radius 1 is 1.24 bits per heavy atom. The van der Waals surface area contributed by atoms with Crippen molar-refractivity contribution < 1.29 is 13.6 Å². The monoisotopic (exact) mass is 360 g/mol. The summed E-state index contributed by atoms with van der Waals surface area (Å²) in [6, 6.07) is 7.50. The van der Waals surface area contributed by atoms with Crippen LogP contribution in [0.5, 0.6) is 0 Å². The molecule has 1 aromatic carbocycles. The SMILES string of the molecule is O=C(Cc1ccc(F)cc1Br)c1ccc(Br)o1. The minimum atomic E-state index is -0.339. The third kappa shape index (κ3) is 3.04. The Labute approximate surface area is 114 Å². The molecule has 88 valence electrons. The molecule has 0 aliphatic rings. The van der Waals surface area contributed by atoms with E-state index in [1.54, 1.807) is 18.2 Å². The van der Waals surface area contributed by atoms with Crippen LogP contribution in [0.2, 0.25) is 0 Å². The van der Waals surface area contributed by atoms with Crippen LogP contribution in [0.15, 0.2) is 43.9 Å². The van der Waals surface area contributed by atoms with Gasteiger partial charge in [0.25, 0.3) is 0 Å². The zero-order chi connectivity index (χ0) is 12.4. The molecule has 0 N–H and O–H groups in total. The molecule has 0 radical (unpaired) electrons. The fraction of sp³-hybridized carbons (Fsp3) is 0.0833. The molecule has 1 aromatic heterocycles. The third-order valence-electron chi connectivity index (χ3n) is 2.21. The molecule has 2 rings (SSSR count). The Bertz CT molecular complexity index is 563. The predicted octanol–water partition coefficient (Wildman–Crippen LogP) is 4.37. The lowest BCUT2D eigenvalue weighted by Crippen LogP contribution is -2.02. The van der Waals surface area contributed by atoms with Crippen molar-refractivity contribution in [1.29, 1.82) is 0 Å². The summed E-state index contributed by atoms with van der Waals surface area (Å²) in [4.78, 5) is 11.8. The first kappa shape index (κ1) is 12.5. The van der Waals surface area contributed by atoms with E-state index in [9.17, 15) is 9.18 Å². The number of rotatable bonds is 3. The lowest BCUT2D eigenvalue weighted by atomic mass is 10.1. The Hall–Kier alpha value is -0.940. The second kappa shape index (κ2) is 5.14. The van der Waals surface area contributed by atoms with E-state index in [0.717, 1.165) is 5.56 Å². The van der Waals surface area contributed by atoms with Crippen molar-refractivity contribution in [2.24, 2.45) is 0 Å². The molecule has 0 saturated heterocycles. The summed E-state index contributed by atoms with van der Waals surface area (Å²) >= 11 is 6.35. The van der Waals surface area contributed by atoms with Gasteiger partial charge >= 0.3 is 0 Å². The lowest BCUT2D eigenvalue weighted by molar-refractivity contribution is 0.0965. The summed E-state index contributed by atoms with van der Waals surface area (Å²) < 4.78 is 19.1. The lowest BCUT2D eigenvalue weighted by Gasteiger charge is -2.02. The molecular weight excluding hydrogens is 355 g/mol. The Morgan fingerprint density at radius 3 is 2.59 bits per heavy atom. The smallest absolute Gasteiger partial charge is 0.202 e. The van der Waals surface area contributed by atoms with Crippen LogP contribution in [0, 0.1) is 5.82 Å². The van der Waals surface area contributed by atoms with Crippen molar-refractivity contribution in [3.05, 3.63) is 56.6 Å². The van der Waals surface area contributed by atoms with Gasteiger partial charge in [-0.05, 0) is 45.8 Å². The maximum Gasteiger partial charge on any atom is 0.202 e. The van der Waals surface area contributed by atoms with Crippen LogP contribution in [-0.2, 0) is 6.42 Å². The third-order valence-corrected chi connectivity index (χ3v) is 3.38. The van der Waals surface area contributed by atoms with E-state index >= 15 is 0 Å². The van der Waals surface area contributed by atoms with Gasteiger partial charge in [-0.15, -0.1) is 0 Å². The fourth-order valence-electron chi connectivity index (χ4n) is 1.39. The number of hydrogen-bond acceptors (Lipinski definition) is 2. The molecule has 5 heteroatoms. The molecule has 0 amide bonds. The second-order valence-electron chi connectivity index (χ2n) is 3.44. The van der Waals surface area contributed by atoms with Crippen LogP contribution >= 0.6 is 31.9 Å². The van der Waals surface area contributed by atoms with Crippen LogP contribution in [-0.4, -0.2) is 5.78 Å². The second-order valence-corrected chi connectivity index (χ2v) is 5.08. The largest absolute Gasteiger partial charge is 0.446 e. The normalized spacial score (nSPS) is 10.5. The summed E-state index contributed by atoms with van der Waals surface area (Å²) in [5, 5.41) is 0. The van der Waals surface area contributed by atoms with E-state index in [-0.39, 0.29) is 23.8 Å². The first-order valence-electron chi connectivity index (χ1n) is 4.79. The van der Waals surface area contributed by atoms with E-state index in [0.29, 0.717) is 9.14 Å². The van der Waals surface area contributed by atoms with Gasteiger partial charge in [-0.2, -0.15) is 0 Å². The summed E-state index contributed by atoms with van der Waals surface area (Å²) in [5.41, 5.74) is 0.726. The maximum absolute atomic E-state index is 12.9. The van der Waals surface area contributed by atoms with Gasteiger partial charge < -0.3 is 4.42 Å². The van der Waals surface area contributed by atoms with Gasteiger partial charge in [0.05, 0.1) is 0 Å². The first-order valence-corrected chi connectivity index (χ1v) is 6.37. The Morgan fingerprint density at radius 2 is 2.00 bits per heavy atom. The summed E-state index contributed by atoms with van der Waals surface area (Å²) in [6.07, 6.45) is 0.167. The molecule has 0 saturated carbocycles. The van der Waals surface area contributed by atoms with Crippen LogP contribution < -0.4 is 0 Å². The van der Waals surface area contributed by atoms with Crippen molar-refractivity contribution in [2.45, 2.75) is 6.42 Å². The summed E-state index contributed by atoms with van der Waals surface area (Å²) in [6.45, 7) is 0. The molecule has 0 spiro atoms. The molecule has 2 aromatic rings. The van der Waals surface area contributed by atoms with Crippen molar-refractivity contribution in [2.75, 3.05) is 0 Å². The molecule has 0 unspecified atom stereocenters. The van der Waals surface area contributed by atoms with E-state index < -0.39 is 0 Å². The summed E-state index contributed by atoms with van der Waals surface area (Å²) in [5.74, 6) is -0.204. The van der Waals surface area contributed by atoms with E-state index in [1.165, 1.54) is 12.1 Å². The van der Waals surface area contributed by atoms with Gasteiger partial charge in [-0.3, -0.25) is 4.79 Å². The Kier molecular flexibility index (Phi) is 3.79. The predicted molar refractivity (Wildman–Crippen MR) is 68.5 cm³/mol. The molecule has 0 fully saturated rings. The summed E-state index contributed by atoms with van der Waals surface area (Å²) in [7, 11) is 0. The zero-order valence-corrected chi connectivity index (χ0v) is 11.7. The van der Waals surface area contributed by atoms with Crippen LogP contribution in [0.4, 0.5) is 4.39 Å². The standard InChI is InChI=1S/C12H7Br2FO2/c13-9-6-8(15)2-1-7(9)5-10(16)11-3-4-12(14)17-11/h1-4,6H,5H2. The van der Waals surface area contributed by atoms with Gasteiger partial charge in [0.1, 0.15) is 5.82 Å². The minimum Gasteiger partial charge on any atom is -0.446 e. The molecule has 0 bridgehead atoms. The minimum absolute atomic E-state index is 0.150. The molecule has 0 atom stereocenters. The number of furan rings is 1. The Balaban J connectivity index is 2.18. The quantitative estimate of drug-likeness (QED) is 0.760. The number of halogens is 3. The molecule has 0 aliphatic heterocycles. The van der Waals surface area contributed by atoms with Crippen LogP contribution in [0.25, 0.3) is 0 Å². The van der Waals surface area contributed by atoms with Gasteiger partial charge in [0, 0.05) is 10.9 Å². The van der Waals surface area contributed by atoms with Gasteiger partial charge in [0.15, 0.2) is 10.4 Å². The van der Waals surface area contributed by atoms with Crippen molar-refractivity contribution >= 4 is 37.6 Å². The van der Waals surface area contributed by atoms with E-state index in [4.69, 9.17) is 4.42 Å². The van der Waals surface area contributed by atoms with Gasteiger partial charge in [0.2, 0.25) is 5.78 Å². The molecule has 0 aliphatic carbocycles. The number of ketones is 1. The highest BCUT2D eigenvalue weighted by Gasteiger charge is 2.13. The van der Waals surface area contributed by atoms with Gasteiger partial charge in [-0.25, -0.2) is 4.39 Å². The topological polar surface area (TPSA) is 30.2 Å². The highest BCUT2D eigenvalue weighted by atomic mass is 79.9. The molecule has 1 heterocycles. The van der Waals surface area contributed by atoms with Crippen LogP contribution in [0.1, 0.15) is 16.1 Å². The maximum atomic E-state index is 12.9. The first-order chi connectivity index (χ1) is 8.06. The highest BCUT2D eigenvalue weighted by molar-refractivity contribution is 9.10. The average molecular weight is 362 g/mol. The number of carbonyl (C=O) groups excluding carboxylic acids is 1. The van der Waals surface area contributed by atoms with Crippen molar-refractivity contribution in [3.8, 4) is 0 Å². The number of carbonyl (C=O) groups is 1. The molecule has 2 nitrogen and oxygen atoms in total. The van der Waals surface area contributed by atoms with Crippen molar-refractivity contribution in [3.63, 3.8) is 0 Å². The fourth-order valence-corrected chi connectivity index (χ4v) is 2.19. The number of Topliss-reactive ketones (excluding diaryl/α,β-unsaturated/α-hetero) is 1.